The fourth-order valence-corrected chi connectivity index (χ4v) is 2.18. The summed E-state index contributed by atoms with van der Waals surface area (Å²) in [5.74, 6) is 1.83. The van der Waals surface area contributed by atoms with Crippen molar-refractivity contribution in [3.63, 3.8) is 0 Å². The van der Waals surface area contributed by atoms with E-state index in [2.05, 4.69) is 39.8 Å². The van der Waals surface area contributed by atoms with Crippen molar-refractivity contribution in [3.05, 3.63) is 48.5 Å². The first-order valence-corrected chi connectivity index (χ1v) is 8.17. The smallest absolute Gasteiger partial charge is 0.127 e. The summed E-state index contributed by atoms with van der Waals surface area (Å²) in [6.45, 7) is 8.46. The molecule has 2 nitrogen and oxygen atoms in total. The molecule has 0 aliphatic carbocycles. The second kappa shape index (κ2) is 7.88. The van der Waals surface area contributed by atoms with Crippen LogP contribution in [-0.4, -0.2) is 12.2 Å². The minimum Gasteiger partial charge on any atom is -0.490 e. The van der Waals surface area contributed by atoms with Crippen LogP contribution in [0.5, 0.6) is 11.5 Å². The molecular formula is C20H26O2. The van der Waals surface area contributed by atoms with Crippen LogP contribution in [-0.2, 0) is 0 Å². The van der Waals surface area contributed by atoms with E-state index in [1.54, 1.807) is 0 Å². The topological polar surface area (TPSA) is 18.5 Å². The third-order valence-electron chi connectivity index (χ3n) is 3.87. The second-order valence-electron chi connectivity index (χ2n) is 5.67. The lowest BCUT2D eigenvalue weighted by Gasteiger charge is -2.19. The van der Waals surface area contributed by atoms with E-state index in [1.165, 1.54) is 0 Å². The van der Waals surface area contributed by atoms with Crippen LogP contribution in [0.15, 0.2) is 48.5 Å². The van der Waals surface area contributed by atoms with Crippen LogP contribution in [0.25, 0.3) is 11.1 Å². The standard InChI is InChI=1S/C20H26O2/c1-5-15(3)21-19-13-9-7-11-17(19)18-12-8-10-14-20(18)22-16(4)6-2/h7-16H,5-6H2,1-4H3/t15-,16-/m1/s1. The zero-order valence-electron chi connectivity index (χ0n) is 14.0. The molecule has 2 rings (SSSR count). The molecule has 0 saturated heterocycles. The Morgan fingerprint density at radius 1 is 0.682 bits per heavy atom. The maximum Gasteiger partial charge on any atom is 0.127 e. The first-order chi connectivity index (χ1) is 10.7. The third kappa shape index (κ3) is 4.03. The maximum absolute atomic E-state index is 6.08. The van der Waals surface area contributed by atoms with E-state index >= 15 is 0 Å². The van der Waals surface area contributed by atoms with Gasteiger partial charge in [-0.3, -0.25) is 0 Å². The van der Waals surface area contributed by atoms with Gasteiger partial charge in [-0.1, -0.05) is 50.2 Å². The van der Waals surface area contributed by atoms with Gasteiger partial charge in [-0.15, -0.1) is 0 Å². The molecule has 22 heavy (non-hydrogen) atoms. The Kier molecular flexibility index (Phi) is 5.88. The predicted molar refractivity (Wildman–Crippen MR) is 92.6 cm³/mol. The monoisotopic (exact) mass is 298 g/mol. The Bertz CT molecular complexity index is 538. The van der Waals surface area contributed by atoms with Gasteiger partial charge in [-0.25, -0.2) is 0 Å². The molecule has 2 atom stereocenters. The number of ether oxygens (including phenoxy) is 2. The average Bonchev–Trinajstić information content (AvgIpc) is 2.55. The van der Waals surface area contributed by atoms with Crippen LogP contribution in [0, 0.1) is 0 Å². The van der Waals surface area contributed by atoms with Crippen LogP contribution < -0.4 is 9.47 Å². The van der Waals surface area contributed by atoms with Crippen molar-refractivity contribution in [1.29, 1.82) is 0 Å². The molecule has 0 heterocycles. The molecule has 0 bridgehead atoms. The van der Waals surface area contributed by atoms with Gasteiger partial charge in [0.05, 0.1) is 12.2 Å². The number of para-hydroxylation sites is 2. The molecule has 2 aromatic rings. The molecule has 0 spiro atoms. The van der Waals surface area contributed by atoms with Gasteiger partial charge in [0.2, 0.25) is 0 Å². The Morgan fingerprint density at radius 2 is 1.05 bits per heavy atom. The van der Waals surface area contributed by atoms with Crippen molar-refractivity contribution in [2.45, 2.75) is 52.7 Å². The summed E-state index contributed by atoms with van der Waals surface area (Å²) in [6.07, 6.45) is 2.37. The van der Waals surface area contributed by atoms with Gasteiger partial charge in [0.15, 0.2) is 0 Å². The summed E-state index contributed by atoms with van der Waals surface area (Å²) in [5.41, 5.74) is 2.17. The Morgan fingerprint density at radius 3 is 1.41 bits per heavy atom. The highest BCUT2D eigenvalue weighted by atomic mass is 16.5. The maximum atomic E-state index is 6.08. The summed E-state index contributed by atoms with van der Waals surface area (Å²) in [4.78, 5) is 0. The van der Waals surface area contributed by atoms with Gasteiger partial charge in [-0.2, -0.15) is 0 Å². The minimum atomic E-state index is 0.198. The van der Waals surface area contributed by atoms with E-state index in [0.717, 1.165) is 35.5 Å². The zero-order chi connectivity index (χ0) is 15.9. The Labute approximate surface area is 134 Å². The quantitative estimate of drug-likeness (QED) is 0.652. The molecular weight excluding hydrogens is 272 g/mol. The SMILES string of the molecule is CC[C@@H](C)Oc1ccccc1-c1ccccc1O[C@H](C)CC. The fourth-order valence-electron chi connectivity index (χ4n) is 2.18. The highest BCUT2D eigenvalue weighted by Crippen LogP contribution is 2.37. The van der Waals surface area contributed by atoms with E-state index in [-0.39, 0.29) is 12.2 Å². The Hall–Kier alpha value is -1.96. The third-order valence-corrected chi connectivity index (χ3v) is 3.87. The van der Waals surface area contributed by atoms with Gasteiger partial charge in [0.25, 0.3) is 0 Å². The van der Waals surface area contributed by atoms with Crippen LogP contribution >= 0.6 is 0 Å². The molecule has 0 radical (unpaired) electrons. The van der Waals surface area contributed by atoms with Gasteiger partial charge in [0, 0.05) is 11.1 Å². The number of hydrogen-bond donors (Lipinski definition) is 0. The van der Waals surface area contributed by atoms with Crippen LogP contribution in [0.1, 0.15) is 40.5 Å². The summed E-state index contributed by atoms with van der Waals surface area (Å²) in [7, 11) is 0. The predicted octanol–water partition coefficient (Wildman–Crippen LogP) is 5.71. The molecule has 118 valence electrons. The van der Waals surface area contributed by atoms with Crippen molar-refractivity contribution in [2.24, 2.45) is 0 Å². The van der Waals surface area contributed by atoms with Gasteiger partial charge in [-0.05, 0) is 38.8 Å². The summed E-state index contributed by atoms with van der Waals surface area (Å²) < 4.78 is 12.2. The highest BCUT2D eigenvalue weighted by molar-refractivity contribution is 5.75. The summed E-state index contributed by atoms with van der Waals surface area (Å²) in [6, 6.07) is 16.4. The molecule has 0 aliphatic heterocycles. The van der Waals surface area contributed by atoms with E-state index in [0.29, 0.717) is 0 Å². The molecule has 0 saturated carbocycles. The molecule has 0 aliphatic rings. The lowest BCUT2D eigenvalue weighted by atomic mass is 10.0. The molecule has 0 N–H and O–H groups in total. The van der Waals surface area contributed by atoms with Gasteiger partial charge in [0.1, 0.15) is 11.5 Å². The van der Waals surface area contributed by atoms with Crippen molar-refractivity contribution >= 4 is 0 Å². The molecule has 2 aromatic carbocycles. The van der Waals surface area contributed by atoms with Crippen LogP contribution in [0.4, 0.5) is 0 Å². The van der Waals surface area contributed by atoms with E-state index in [9.17, 15) is 0 Å². The Balaban J connectivity index is 2.39. The fraction of sp³-hybridized carbons (Fsp3) is 0.400. The van der Waals surface area contributed by atoms with Crippen LogP contribution in [0.2, 0.25) is 0 Å². The van der Waals surface area contributed by atoms with Crippen molar-refractivity contribution in [3.8, 4) is 22.6 Å². The lowest BCUT2D eigenvalue weighted by Crippen LogP contribution is -2.12. The molecule has 0 amide bonds. The minimum absolute atomic E-state index is 0.198. The summed E-state index contributed by atoms with van der Waals surface area (Å²) in [5, 5.41) is 0. The molecule has 0 unspecified atom stereocenters. The first kappa shape index (κ1) is 16.4. The second-order valence-corrected chi connectivity index (χ2v) is 5.67. The largest absolute Gasteiger partial charge is 0.490 e. The van der Waals surface area contributed by atoms with Crippen LogP contribution in [0.3, 0.4) is 0 Å². The van der Waals surface area contributed by atoms with Crippen molar-refractivity contribution < 1.29 is 9.47 Å². The average molecular weight is 298 g/mol. The zero-order valence-corrected chi connectivity index (χ0v) is 14.0. The normalized spacial score (nSPS) is 13.5. The lowest BCUT2D eigenvalue weighted by molar-refractivity contribution is 0.215. The summed E-state index contributed by atoms with van der Waals surface area (Å²) >= 11 is 0. The van der Waals surface area contributed by atoms with E-state index < -0.39 is 0 Å². The van der Waals surface area contributed by atoms with Gasteiger partial charge >= 0.3 is 0 Å². The van der Waals surface area contributed by atoms with E-state index in [4.69, 9.17) is 9.47 Å². The van der Waals surface area contributed by atoms with Gasteiger partial charge < -0.3 is 9.47 Å². The van der Waals surface area contributed by atoms with E-state index in [1.807, 2.05) is 36.4 Å². The molecule has 2 heteroatoms. The molecule has 0 fully saturated rings. The van der Waals surface area contributed by atoms with Crippen molar-refractivity contribution in [2.75, 3.05) is 0 Å². The number of benzene rings is 2. The molecule has 0 aromatic heterocycles. The first-order valence-electron chi connectivity index (χ1n) is 8.17. The highest BCUT2D eigenvalue weighted by Gasteiger charge is 2.13. The van der Waals surface area contributed by atoms with Crippen molar-refractivity contribution in [1.82, 2.24) is 0 Å². The number of hydrogen-bond acceptors (Lipinski definition) is 2. The number of rotatable bonds is 7.